The van der Waals surface area contributed by atoms with E-state index in [9.17, 15) is 13.2 Å². The van der Waals surface area contributed by atoms with Crippen LogP contribution in [0, 0.1) is 6.92 Å². The van der Waals surface area contributed by atoms with Gasteiger partial charge in [0.15, 0.2) is 9.84 Å². The highest BCUT2D eigenvalue weighted by Gasteiger charge is 2.30. The Bertz CT molecular complexity index is 590. The second kappa shape index (κ2) is 8.06. The highest BCUT2D eigenvalue weighted by atomic mass is 32.2. The standard InChI is InChI=1S/C15H24N2O3S2/c1-12-10-21-15(17-12)8-4-5-9-16-14(18)11-22(19,20)13-6-2-3-7-13/h10,13H,2-9,11H2,1H3,(H,16,18). The molecule has 0 radical (unpaired) electrons. The van der Waals surface area contributed by atoms with Crippen LogP contribution >= 0.6 is 11.3 Å². The number of aryl methyl sites for hydroxylation is 2. The van der Waals surface area contributed by atoms with Crippen LogP contribution in [0.3, 0.4) is 0 Å². The van der Waals surface area contributed by atoms with Crippen molar-refractivity contribution in [1.82, 2.24) is 10.3 Å². The molecule has 0 atom stereocenters. The molecular formula is C15H24N2O3S2. The molecule has 1 aliphatic rings. The summed E-state index contributed by atoms with van der Waals surface area (Å²) in [5.74, 6) is -0.722. The highest BCUT2D eigenvalue weighted by Crippen LogP contribution is 2.25. The molecule has 0 saturated heterocycles. The molecule has 0 unspecified atom stereocenters. The first-order valence-corrected chi connectivity index (χ1v) is 10.5. The van der Waals surface area contributed by atoms with Crippen LogP contribution in [0.5, 0.6) is 0 Å². The van der Waals surface area contributed by atoms with E-state index in [1.54, 1.807) is 11.3 Å². The third-order valence-corrected chi connectivity index (χ3v) is 7.13. The van der Waals surface area contributed by atoms with Gasteiger partial charge in [-0.1, -0.05) is 12.8 Å². The van der Waals surface area contributed by atoms with Crippen LogP contribution in [-0.4, -0.2) is 36.9 Å². The molecule has 0 bridgehead atoms. The number of nitrogens with one attached hydrogen (secondary N) is 1. The zero-order valence-corrected chi connectivity index (χ0v) is 14.6. The number of sulfone groups is 1. The van der Waals surface area contributed by atoms with Crippen LogP contribution in [0.2, 0.25) is 0 Å². The van der Waals surface area contributed by atoms with Crippen LogP contribution in [0.4, 0.5) is 0 Å². The molecule has 0 aromatic carbocycles. The Hall–Kier alpha value is -0.950. The van der Waals surface area contributed by atoms with Gasteiger partial charge in [-0.05, 0) is 39.0 Å². The molecule has 0 spiro atoms. The highest BCUT2D eigenvalue weighted by molar-refractivity contribution is 7.92. The number of amides is 1. The average Bonchev–Trinajstić information content (AvgIpc) is 3.09. The van der Waals surface area contributed by atoms with E-state index in [-0.39, 0.29) is 16.9 Å². The molecule has 0 aliphatic heterocycles. The van der Waals surface area contributed by atoms with E-state index >= 15 is 0 Å². The molecule has 1 saturated carbocycles. The lowest BCUT2D eigenvalue weighted by molar-refractivity contribution is -0.118. The summed E-state index contributed by atoms with van der Waals surface area (Å²) in [4.78, 5) is 16.1. The Morgan fingerprint density at radius 2 is 2.09 bits per heavy atom. The average molecular weight is 345 g/mol. The SMILES string of the molecule is Cc1csc(CCCCNC(=O)CS(=O)(=O)C2CCCC2)n1. The van der Waals surface area contributed by atoms with Gasteiger partial charge in [0.05, 0.1) is 10.3 Å². The molecule has 5 nitrogen and oxygen atoms in total. The second-order valence-electron chi connectivity index (χ2n) is 5.90. The number of carbonyl (C=O) groups is 1. The van der Waals surface area contributed by atoms with E-state index in [0.29, 0.717) is 19.4 Å². The summed E-state index contributed by atoms with van der Waals surface area (Å²) in [6.07, 6.45) is 6.04. The molecule has 2 rings (SSSR count). The van der Waals surface area contributed by atoms with Crippen molar-refractivity contribution >= 4 is 27.1 Å². The maximum atomic E-state index is 12.1. The first-order valence-electron chi connectivity index (χ1n) is 7.86. The van der Waals surface area contributed by atoms with Gasteiger partial charge in [0, 0.05) is 17.6 Å². The zero-order valence-electron chi connectivity index (χ0n) is 13.0. The molecule has 1 fully saturated rings. The minimum atomic E-state index is -3.26. The van der Waals surface area contributed by atoms with Crippen LogP contribution < -0.4 is 5.32 Å². The predicted octanol–water partition coefficient (Wildman–Crippen LogP) is 2.25. The first kappa shape index (κ1) is 17.4. The maximum absolute atomic E-state index is 12.1. The minimum Gasteiger partial charge on any atom is -0.355 e. The monoisotopic (exact) mass is 344 g/mol. The Labute approximate surface area is 136 Å². The lowest BCUT2D eigenvalue weighted by atomic mass is 10.2. The molecule has 1 N–H and O–H groups in total. The first-order chi connectivity index (χ1) is 10.5. The number of hydrogen-bond acceptors (Lipinski definition) is 5. The van der Waals surface area contributed by atoms with Gasteiger partial charge < -0.3 is 5.32 Å². The Morgan fingerprint density at radius 1 is 1.36 bits per heavy atom. The van der Waals surface area contributed by atoms with E-state index in [1.165, 1.54) is 0 Å². The number of hydrogen-bond donors (Lipinski definition) is 1. The lowest BCUT2D eigenvalue weighted by Gasteiger charge is -2.11. The fraction of sp³-hybridized carbons (Fsp3) is 0.733. The minimum absolute atomic E-state index is 0.300. The normalized spacial score (nSPS) is 16.0. The van der Waals surface area contributed by atoms with Crippen molar-refractivity contribution in [2.75, 3.05) is 12.3 Å². The molecule has 1 aromatic rings. The number of aromatic nitrogens is 1. The molecule has 7 heteroatoms. The van der Waals surface area contributed by atoms with Crippen molar-refractivity contribution in [3.05, 3.63) is 16.1 Å². The topological polar surface area (TPSA) is 76.1 Å². The number of nitrogens with zero attached hydrogens (tertiary/aromatic N) is 1. The number of unbranched alkanes of at least 4 members (excludes halogenated alkanes) is 1. The summed E-state index contributed by atoms with van der Waals surface area (Å²) in [5, 5.41) is 5.57. The van der Waals surface area contributed by atoms with E-state index in [0.717, 1.165) is 42.8 Å². The van der Waals surface area contributed by atoms with Gasteiger partial charge in [-0.2, -0.15) is 0 Å². The lowest BCUT2D eigenvalue weighted by Crippen LogP contribution is -2.34. The maximum Gasteiger partial charge on any atom is 0.235 e. The summed E-state index contributed by atoms with van der Waals surface area (Å²) in [7, 11) is -3.26. The fourth-order valence-corrected chi connectivity index (χ4v) is 5.32. The van der Waals surface area contributed by atoms with Crippen molar-refractivity contribution < 1.29 is 13.2 Å². The van der Waals surface area contributed by atoms with Crippen molar-refractivity contribution in [2.24, 2.45) is 0 Å². The predicted molar refractivity (Wildman–Crippen MR) is 88.8 cm³/mol. The van der Waals surface area contributed by atoms with Gasteiger partial charge in [-0.3, -0.25) is 4.79 Å². The van der Waals surface area contributed by atoms with Gasteiger partial charge in [0.1, 0.15) is 5.75 Å². The van der Waals surface area contributed by atoms with Crippen LogP contribution in [0.15, 0.2) is 5.38 Å². The zero-order chi connectivity index (χ0) is 16.0. The Balaban J connectivity index is 1.61. The molecule has 22 heavy (non-hydrogen) atoms. The van der Waals surface area contributed by atoms with Crippen LogP contribution in [-0.2, 0) is 21.1 Å². The molecular weight excluding hydrogens is 320 g/mol. The number of rotatable bonds is 8. The molecule has 1 amide bonds. The number of thiazole rings is 1. The summed E-state index contributed by atoms with van der Waals surface area (Å²) >= 11 is 1.66. The van der Waals surface area contributed by atoms with Crippen molar-refractivity contribution in [3.63, 3.8) is 0 Å². The molecule has 124 valence electrons. The molecule has 1 aromatic heterocycles. The van der Waals surface area contributed by atoms with Crippen LogP contribution in [0.1, 0.15) is 49.2 Å². The Morgan fingerprint density at radius 3 is 2.73 bits per heavy atom. The fourth-order valence-electron chi connectivity index (χ4n) is 2.75. The largest absolute Gasteiger partial charge is 0.355 e. The van der Waals surface area contributed by atoms with Crippen molar-refractivity contribution in [2.45, 2.75) is 57.1 Å². The van der Waals surface area contributed by atoms with Gasteiger partial charge in [-0.15, -0.1) is 11.3 Å². The van der Waals surface area contributed by atoms with E-state index < -0.39 is 9.84 Å². The van der Waals surface area contributed by atoms with E-state index in [2.05, 4.69) is 10.3 Å². The van der Waals surface area contributed by atoms with E-state index in [1.807, 2.05) is 12.3 Å². The summed E-state index contributed by atoms with van der Waals surface area (Å²) in [6.45, 7) is 2.51. The summed E-state index contributed by atoms with van der Waals surface area (Å²) in [5.41, 5.74) is 1.05. The smallest absolute Gasteiger partial charge is 0.235 e. The third kappa shape index (κ3) is 5.35. The summed E-state index contributed by atoms with van der Waals surface area (Å²) in [6, 6.07) is 0. The van der Waals surface area contributed by atoms with Gasteiger partial charge in [0.2, 0.25) is 5.91 Å². The number of carbonyl (C=O) groups excluding carboxylic acids is 1. The van der Waals surface area contributed by atoms with Crippen molar-refractivity contribution in [3.8, 4) is 0 Å². The van der Waals surface area contributed by atoms with Gasteiger partial charge in [-0.25, -0.2) is 13.4 Å². The second-order valence-corrected chi connectivity index (χ2v) is 9.13. The van der Waals surface area contributed by atoms with Gasteiger partial charge >= 0.3 is 0 Å². The molecule has 1 aliphatic carbocycles. The molecule has 1 heterocycles. The summed E-state index contributed by atoms with van der Waals surface area (Å²) < 4.78 is 24.1. The third-order valence-electron chi connectivity index (χ3n) is 3.95. The van der Waals surface area contributed by atoms with E-state index in [4.69, 9.17) is 0 Å². The van der Waals surface area contributed by atoms with Crippen molar-refractivity contribution in [1.29, 1.82) is 0 Å². The van der Waals surface area contributed by atoms with Crippen LogP contribution in [0.25, 0.3) is 0 Å². The Kier molecular flexibility index (Phi) is 6.37. The quantitative estimate of drug-likeness (QED) is 0.734. The van der Waals surface area contributed by atoms with Gasteiger partial charge in [0.25, 0.3) is 0 Å².